The number of nitrogen functional groups attached to an aromatic ring is 1. The van der Waals surface area contributed by atoms with Crippen LogP contribution in [0.15, 0.2) is 44.3 Å². The van der Waals surface area contributed by atoms with Crippen molar-refractivity contribution < 1.29 is 4.42 Å². The van der Waals surface area contributed by atoms with Gasteiger partial charge in [0.1, 0.15) is 5.76 Å². The summed E-state index contributed by atoms with van der Waals surface area (Å²) >= 11 is 10.9. The lowest BCUT2D eigenvalue weighted by atomic mass is 10.3. The largest absolute Gasteiger partial charge is 0.453 e. The lowest BCUT2D eigenvalue weighted by Crippen LogP contribution is -1.89. The first kappa shape index (κ1) is 11.9. The Morgan fingerprint density at radius 1 is 1.31 bits per heavy atom. The fraction of sp³-hybridized carbons (Fsp3) is 0.0909. The minimum atomic E-state index is 0.677. The van der Waals surface area contributed by atoms with Crippen molar-refractivity contribution in [3.05, 3.63) is 45.8 Å². The predicted octanol–water partition coefficient (Wildman–Crippen LogP) is 4.57. The number of thioether (sulfide) groups is 1. The molecule has 0 aliphatic rings. The highest BCUT2D eigenvalue weighted by Crippen LogP contribution is 2.34. The molecule has 5 heteroatoms. The van der Waals surface area contributed by atoms with E-state index in [2.05, 4.69) is 15.9 Å². The molecule has 0 spiro atoms. The molecule has 2 nitrogen and oxygen atoms in total. The van der Waals surface area contributed by atoms with Crippen molar-refractivity contribution >= 4 is 45.0 Å². The van der Waals surface area contributed by atoms with Crippen molar-refractivity contribution in [2.24, 2.45) is 0 Å². The highest BCUT2D eigenvalue weighted by molar-refractivity contribution is 9.10. The molecular weight excluding hydrogens is 310 g/mol. The second-order valence-corrected chi connectivity index (χ2v) is 5.33. The Hall–Kier alpha value is -0.580. The van der Waals surface area contributed by atoms with Gasteiger partial charge in [0.15, 0.2) is 4.67 Å². The molecule has 0 aliphatic carbocycles. The Kier molecular flexibility index (Phi) is 3.84. The summed E-state index contributed by atoms with van der Waals surface area (Å²) in [6, 6.07) is 9.30. The molecule has 0 amide bonds. The number of rotatable bonds is 3. The molecule has 2 N–H and O–H groups in total. The summed E-state index contributed by atoms with van der Waals surface area (Å²) in [4.78, 5) is 0.900. The molecule has 84 valence electrons. The Labute approximate surface area is 111 Å². The van der Waals surface area contributed by atoms with E-state index in [1.54, 1.807) is 11.8 Å². The number of hydrogen-bond donors (Lipinski definition) is 1. The summed E-state index contributed by atoms with van der Waals surface area (Å²) < 4.78 is 6.13. The number of anilines is 1. The maximum atomic E-state index is 6.06. The first-order chi connectivity index (χ1) is 7.66. The molecule has 0 atom stereocenters. The van der Waals surface area contributed by atoms with Crippen LogP contribution in [0.4, 0.5) is 5.69 Å². The van der Waals surface area contributed by atoms with E-state index in [0.29, 0.717) is 16.5 Å². The first-order valence-corrected chi connectivity index (χ1v) is 6.73. The van der Waals surface area contributed by atoms with E-state index in [9.17, 15) is 0 Å². The number of hydrogen-bond acceptors (Lipinski definition) is 3. The standard InChI is InChI=1S/C11H9BrClNOS/c12-10-5-4-7(15-10)6-16-11-8(13)2-1-3-9(11)14/h1-5H,6,14H2. The van der Waals surface area contributed by atoms with Gasteiger partial charge in [-0.25, -0.2) is 0 Å². The molecule has 1 aromatic carbocycles. The molecule has 2 aromatic rings. The van der Waals surface area contributed by atoms with Gasteiger partial charge in [-0.2, -0.15) is 0 Å². The number of halogens is 2. The Bertz CT molecular complexity index is 480. The fourth-order valence-electron chi connectivity index (χ4n) is 1.25. The van der Waals surface area contributed by atoms with Crippen LogP contribution in [0.1, 0.15) is 5.76 Å². The summed E-state index contributed by atoms with van der Waals surface area (Å²) in [6.45, 7) is 0. The van der Waals surface area contributed by atoms with Crippen molar-refractivity contribution in [2.45, 2.75) is 10.6 Å². The summed E-state index contributed by atoms with van der Waals surface area (Å²) in [5.74, 6) is 1.59. The lowest BCUT2D eigenvalue weighted by molar-refractivity contribution is 0.507. The normalized spacial score (nSPS) is 10.6. The molecule has 2 rings (SSSR count). The van der Waals surface area contributed by atoms with Crippen LogP contribution in [0.25, 0.3) is 0 Å². The summed E-state index contributed by atoms with van der Waals surface area (Å²) in [7, 11) is 0. The lowest BCUT2D eigenvalue weighted by Gasteiger charge is -2.05. The SMILES string of the molecule is Nc1cccc(Cl)c1SCc1ccc(Br)o1. The number of furan rings is 1. The zero-order valence-electron chi connectivity index (χ0n) is 8.24. The zero-order valence-corrected chi connectivity index (χ0v) is 11.4. The molecule has 0 saturated heterocycles. The van der Waals surface area contributed by atoms with Crippen LogP contribution in [-0.4, -0.2) is 0 Å². The molecule has 0 saturated carbocycles. The minimum Gasteiger partial charge on any atom is -0.453 e. The van der Waals surface area contributed by atoms with E-state index >= 15 is 0 Å². The predicted molar refractivity (Wildman–Crippen MR) is 71.8 cm³/mol. The van der Waals surface area contributed by atoms with Crippen LogP contribution in [0, 0.1) is 0 Å². The average Bonchev–Trinajstić information content (AvgIpc) is 2.63. The Morgan fingerprint density at radius 3 is 2.75 bits per heavy atom. The van der Waals surface area contributed by atoms with E-state index in [1.807, 2.05) is 30.3 Å². The number of nitrogens with two attached hydrogens (primary N) is 1. The van der Waals surface area contributed by atoms with Crippen molar-refractivity contribution in [1.82, 2.24) is 0 Å². The van der Waals surface area contributed by atoms with Crippen LogP contribution < -0.4 is 5.73 Å². The van der Waals surface area contributed by atoms with Gasteiger partial charge in [-0.15, -0.1) is 11.8 Å². The van der Waals surface area contributed by atoms with Crippen LogP contribution in [0.2, 0.25) is 5.02 Å². The van der Waals surface area contributed by atoms with E-state index in [0.717, 1.165) is 15.3 Å². The zero-order chi connectivity index (χ0) is 11.5. The van der Waals surface area contributed by atoms with Crippen LogP contribution in [0.3, 0.4) is 0 Å². The molecule has 0 aliphatic heterocycles. The molecule has 1 heterocycles. The van der Waals surface area contributed by atoms with Gasteiger partial charge in [-0.3, -0.25) is 0 Å². The molecule has 0 bridgehead atoms. The fourth-order valence-corrected chi connectivity index (χ4v) is 2.82. The van der Waals surface area contributed by atoms with E-state index < -0.39 is 0 Å². The third-order valence-corrected chi connectivity index (χ3v) is 4.01. The Morgan fingerprint density at radius 2 is 2.12 bits per heavy atom. The molecule has 0 radical (unpaired) electrons. The maximum absolute atomic E-state index is 6.06. The topological polar surface area (TPSA) is 39.2 Å². The van der Waals surface area contributed by atoms with E-state index in [-0.39, 0.29) is 0 Å². The summed E-state index contributed by atoms with van der Waals surface area (Å²) in [5.41, 5.74) is 6.54. The van der Waals surface area contributed by atoms with Crippen LogP contribution in [0.5, 0.6) is 0 Å². The smallest absolute Gasteiger partial charge is 0.169 e. The maximum Gasteiger partial charge on any atom is 0.169 e. The van der Waals surface area contributed by atoms with Crippen molar-refractivity contribution in [1.29, 1.82) is 0 Å². The first-order valence-electron chi connectivity index (χ1n) is 4.58. The highest BCUT2D eigenvalue weighted by atomic mass is 79.9. The van der Waals surface area contributed by atoms with Crippen molar-refractivity contribution in [3.63, 3.8) is 0 Å². The van der Waals surface area contributed by atoms with E-state index in [1.165, 1.54) is 0 Å². The second kappa shape index (κ2) is 5.17. The molecule has 16 heavy (non-hydrogen) atoms. The van der Waals surface area contributed by atoms with Crippen molar-refractivity contribution in [3.8, 4) is 0 Å². The summed E-state index contributed by atoms with van der Waals surface area (Å²) in [6.07, 6.45) is 0. The average molecular weight is 319 g/mol. The van der Waals surface area contributed by atoms with Crippen LogP contribution in [-0.2, 0) is 5.75 Å². The quantitative estimate of drug-likeness (QED) is 0.665. The van der Waals surface area contributed by atoms with Gasteiger partial charge in [0.2, 0.25) is 0 Å². The van der Waals surface area contributed by atoms with Gasteiger partial charge in [-0.1, -0.05) is 17.7 Å². The number of benzene rings is 1. The summed E-state index contributed by atoms with van der Waals surface area (Å²) in [5, 5.41) is 0.677. The highest BCUT2D eigenvalue weighted by Gasteiger charge is 2.07. The molecule has 0 fully saturated rings. The van der Waals surface area contributed by atoms with E-state index in [4.69, 9.17) is 21.8 Å². The Balaban J connectivity index is 2.10. The van der Waals surface area contributed by atoms with Gasteiger partial charge in [0.05, 0.1) is 10.8 Å². The van der Waals surface area contributed by atoms with Gasteiger partial charge in [0.25, 0.3) is 0 Å². The van der Waals surface area contributed by atoms with Gasteiger partial charge >= 0.3 is 0 Å². The third kappa shape index (κ3) is 2.75. The minimum absolute atomic E-state index is 0.677. The molecular formula is C11H9BrClNOS. The van der Waals surface area contributed by atoms with Crippen molar-refractivity contribution in [2.75, 3.05) is 5.73 Å². The molecule has 0 unspecified atom stereocenters. The van der Waals surface area contributed by atoms with Gasteiger partial charge < -0.3 is 10.2 Å². The monoisotopic (exact) mass is 317 g/mol. The van der Waals surface area contributed by atoms with Gasteiger partial charge in [0, 0.05) is 10.6 Å². The van der Waals surface area contributed by atoms with Crippen LogP contribution >= 0.6 is 39.3 Å². The molecule has 1 aromatic heterocycles. The second-order valence-electron chi connectivity index (χ2n) is 3.15. The van der Waals surface area contributed by atoms with Gasteiger partial charge in [-0.05, 0) is 40.2 Å². The third-order valence-electron chi connectivity index (χ3n) is 1.99.